The van der Waals surface area contributed by atoms with Crippen LogP contribution in [0, 0.1) is 12.7 Å². The van der Waals surface area contributed by atoms with Gasteiger partial charge in [-0.1, -0.05) is 17.7 Å². The van der Waals surface area contributed by atoms with E-state index in [1.165, 1.54) is 56.7 Å². The highest BCUT2D eigenvalue weighted by Crippen LogP contribution is 2.35. The molecule has 0 aliphatic carbocycles. The van der Waals surface area contributed by atoms with Gasteiger partial charge < -0.3 is 25.3 Å². The second-order valence-corrected chi connectivity index (χ2v) is 19.4. The fraction of sp³-hybridized carbons (Fsp3) is 0.325. The van der Waals surface area contributed by atoms with Crippen molar-refractivity contribution in [2.45, 2.75) is 70.9 Å². The molecular weight excluding hydrogens is 901 g/mol. The van der Waals surface area contributed by atoms with Crippen LogP contribution in [0.5, 0.6) is 0 Å². The third-order valence-corrected chi connectivity index (χ3v) is 14.2. The summed E-state index contributed by atoms with van der Waals surface area (Å²) in [6.07, 6.45) is 1.02. The number of hydrogen-bond donors (Lipinski definition) is 6. The first-order valence-corrected chi connectivity index (χ1v) is 22.9. The van der Waals surface area contributed by atoms with Crippen LogP contribution in [-0.4, -0.2) is 85.9 Å². The van der Waals surface area contributed by atoms with E-state index < -0.39 is 40.1 Å². The van der Waals surface area contributed by atoms with Crippen molar-refractivity contribution >= 4 is 103 Å². The van der Waals surface area contributed by atoms with Gasteiger partial charge in [0.25, 0.3) is 22.0 Å². The van der Waals surface area contributed by atoms with Crippen LogP contribution in [0.25, 0.3) is 0 Å². The summed E-state index contributed by atoms with van der Waals surface area (Å²) in [6, 6.07) is 11.0. The first-order chi connectivity index (χ1) is 29.8. The SMILES string of the molecule is CN(C)c1cc(NC(=O)NCc2cc3c(s2)C(=O)N(C2CCC(=O)NC2=O)C3)ccc1F.Cc1ccc(NS(=O)(=O)NCc2cc3c(s2)C(=O)N(C2CCC(=O)NC2=O)C3)cc1Cl. The largest absolute Gasteiger partial charge is 0.375 e. The van der Waals surface area contributed by atoms with Gasteiger partial charge in [-0.15, -0.1) is 22.7 Å². The second-order valence-electron chi connectivity index (χ2n) is 15.2. The van der Waals surface area contributed by atoms with Gasteiger partial charge in [-0.05, 0) is 78.9 Å². The average molecular weight is 942 g/mol. The molecule has 6 heterocycles. The second kappa shape index (κ2) is 18.4. The number of urea groups is 1. The van der Waals surface area contributed by atoms with Gasteiger partial charge in [0, 0.05) is 67.0 Å². The first kappa shape index (κ1) is 45.1. The van der Waals surface area contributed by atoms with Crippen LogP contribution in [0.15, 0.2) is 48.5 Å². The number of carbonyl (C=O) groups excluding carboxylic acids is 7. The number of fused-ring (bicyclic) bond motifs is 2. The molecule has 8 amide bonds. The van der Waals surface area contributed by atoms with Crippen LogP contribution in [0.3, 0.4) is 0 Å². The molecule has 2 atom stereocenters. The zero-order valence-electron chi connectivity index (χ0n) is 33.9. The number of carbonyl (C=O) groups is 7. The normalized spacial score (nSPS) is 18.3. The summed E-state index contributed by atoms with van der Waals surface area (Å²) >= 11 is 8.48. The molecule has 2 aromatic carbocycles. The minimum atomic E-state index is -3.84. The average Bonchev–Trinajstić information content (AvgIpc) is 3.97. The molecule has 63 heavy (non-hydrogen) atoms. The van der Waals surface area contributed by atoms with Gasteiger partial charge in [0.05, 0.1) is 27.7 Å². The number of hydrogen-bond acceptors (Lipinski definition) is 12. The summed E-state index contributed by atoms with van der Waals surface area (Å²) in [4.78, 5) is 91.6. The molecule has 2 saturated heterocycles. The number of anilines is 3. The topological polar surface area (TPSA) is 236 Å². The number of imide groups is 2. The van der Waals surface area contributed by atoms with Gasteiger partial charge in [0.1, 0.15) is 17.9 Å². The van der Waals surface area contributed by atoms with Gasteiger partial charge >= 0.3 is 6.03 Å². The molecule has 2 unspecified atom stereocenters. The third kappa shape index (κ3) is 10.3. The molecule has 0 saturated carbocycles. The van der Waals surface area contributed by atoms with Crippen LogP contribution >= 0.6 is 34.3 Å². The molecule has 8 rings (SSSR count). The predicted octanol–water partition coefficient (Wildman–Crippen LogP) is 3.95. The van der Waals surface area contributed by atoms with E-state index >= 15 is 0 Å². The lowest BCUT2D eigenvalue weighted by atomic mass is 10.0. The summed E-state index contributed by atoms with van der Waals surface area (Å²) in [5, 5.41) is 10.4. The van der Waals surface area contributed by atoms with Crippen molar-refractivity contribution in [1.29, 1.82) is 0 Å². The molecule has 4 aromatic rings. The van der Waals surface area contributed by atoms with Crippen molar-refractivity contribution in [2.24, 2.45) is 0 Å². The van der Waals surface area contributed by atoms with Crippen molar-refractivity contribution in [3.05, 3.63) is 95.6 Å². The summed E-state index contributed by atoms with van der Waals surface area (Å²) in [7, 11) is -0.422. The van der Waals surface area contributed by atoms with Crippen molar-refractivity contribution in [1.82, 2.24) is 30.5 Å². The number of thiophene rings is 2. The number of halogens is 2. The van der Waals surface area contributed by atoms with E-state index in [0.29, 0.717) is 56.1 Å². The molecule has 0 radical (unpaired) electrons. The van der Waals surface area contributed by atoms with Gasteiger partial charge in [0.2, 0.25) is 23.6 Å². The highest BCUT2D eigenvalue weighted by Gasteiger charge is 2.41. The Labute approximate surface area is 373 Å². The van der Waals surface area contributed by atoms with Crippen LogP contribution in [0.1, 0.15) is 71.5 Å². The van der Waals surface area contributed by atoms with E-state index in [0.717, 1.165) is 21.6 Å². The zero-order valence-corrected chi connectivity index (χ0v) is 37.1. The smallest absolute Gasteiger partial charge is 0.319 e. The number of benzene rings is 2. The number of piperidine rings is 2. The molecule has 18 nitrogen and oxygen atoms in total. The number of rotatable bonds is 11. The lowest BCUT2D eigenvalue weighted by Crippen LogP contribution is -2.52. The third-order valence-electron chi connectivity index (χ3n) is 10.5. The van der Waals surface area contributed by atoms with E-state index in [4.69, 9.17) is 11.6 Å². The van der Waals surface area contributed by atoms with E-state index in [1.807, 2.05) is 13.0 Å². The molecule has 4 aliphatic rings. The summed E-state index contributed by atoms with van der Waals surface area (Å²) in [5.41, 5.74) is 3.53. The lowest BCUT2D eigenvalue weighted by molar-refractivity contribution is -0.138. The zero-order chi connectivity index (χ0) is 45.3. The molecule has 332 valence electrons. The molecule has 4 aliphatic heterocycles. The summed E-state index contributed by atoms with van der Waals surface area (Å²) < 4.78 is 43.3. The maximum absolute atomic E-state index is 13.8. The van der Waals surface area contributed by atoms with Gasteiger partial charge in [-0.25, -0.2) is 9.18 Å². The number of nitrogens with one attached hydrogen (secondary N) is 6. The maximum atomic E-state index is 13.8. The van der Waals surface area contributed by atoms with Crippen molar-refractivity contribution in [2.75, 3.05) is 29.0 Å². The molecule has 2 fully saturated rings. The Kier molecular flexibility index (Phi) is 13.2. The quantitative estimate of drug-likeness (QED) is 0.119. The first-order valence-electron chi connectivity index (χ1n) is 19.4. The minimum Gasteiger partial charge on any atom is -0.375 e. The van der Waals surface area contributed by atoms with E-state index in [9.17, 15) is 46.4 Å². The van der Waals surface area contributed by atoms with Crippen LogP contribution in [0.2, 0.25) is 5.02 Å². The molecule has 0 bridgehead atoms. The highest BCUT2D eigenvalue weighted by atomic mass is 35.5. The van der Waals surface area contributed by atoms with E-state index in [-0.39, 0.29) is 61.9 Å². The Morgan fingerprint density at radius 1 is 0.810 bits per heavy atom. The Bertz CT molecular complexity index is 2670. The van der Waals surface area contributed by atoms with E-state index in [1.54, 1.807) is 37.2 Å². The van der Waals surface area contributed by atoms with Gasteiger partial charge in [-0.2, -0.15) is 13.1 Å². The van der Waals surface area contributed by atoms with Crippen LogP contribution < -0.4 is 35.6 Å². The Balaban J connectivity index is 0.000000189. The monoisotopic (exact) mass is 941 g/mol. The van der Waals surface area contributed by atoms with Crippen molar-refractivity contribution < 1.29 is 46.4 Å². The highest BCUT2D eigenvalue weighted by molar-refractivity contribution is 7.90. The Hall–Kier alpha value is -5.94. The molecule has 6 N–H and O–H groups in total. The van der Waals surface area contributed by atoms with Crippen LogP contribution in [-0.2, 0) is 55.6 Å². The Morgan fingerprint density at radius 2 is 1.35 bits per heavy atom. The van der Waals surface area contributed by atoms with Gasteiger partial charge in [-0.3, -0.25) is 44.1 Å². The minimum absolute atomic E-state index is 0.0122. The van der Waals surface area contributed by atoms with Crippen molar-refractivity contribution in [3.8, 4) is 0 Å². The van der Waals surface area contributed by atoms with E-state index in [2.05, 4.69) is 30.7 Å². The fourth-order valence-electron chi connectivity index (χ4n) is 7.27. The van der Waals surface area contributed by atoms with Crippen molar-refractivity contribution in [3.63, 3.8) is 0 Å². The standard InChI is InChI=1S/C21H22FN5O4S.C19H19ClN4O5S2/c1-26(2)16-8-12(3-4-14(16)22)24-21(31)23-9-13-7-11-10-27(20(30)18(11)32-13)15-5-6-17(28)25-19(15)29;1-10-2-3-12(7-14(10)20)23-31(28,29)21-8-13-6-11-9-24(19(27)17(11)30-13)15-4-5-16(25)22-18(15)26/h3-4,7-8,15H,5-6,9-10H2,1-2H3,(H2,23,24,31)(H,25,28,29);2-3,6-7,15,21,23H,4-5,8-9H2,1H3,(H,22,25,26). The molecule has 2 aromatic heterocycles. The predicted molar refractivity (Wildman–Crippen MR) is 233 cm³/mol. The molecular formula is C40H41ClFN9O9S3. The molecule has 23 heteroatoms. The van der Waals surface area contributed by atoms with Crippen LogP contribution in [0.4, 0.5) is 26.2 Å². The Morgan fingerprint density at radius 3 is 1.86 bits per heavy atom. The van der Waals surface area contributed by atoms with Gasteiger partial charge in [0.15, 0.2) is 0 Å². The number of amides is 8. The summed E-state index contributed by atoms with van der Waals surface area (Å²) in [6.45, 7) is 2.60. The lowest BCUT2D eigenvalue weighted by Gasteiger charge is -2.29. The number of nitrogens with zero attached hydrogens (tertiary/aromatic N) is 3. The maximum Gasteiger partial charge on any atom is 0.319 e. The fourth-order valence-corrected chi connectivity index (χ4v) is 10.5. The number of aryl methyl sites for hydroxylation is 1. The molecule has 0 spiro atoms. The summed E-state index contributed by atoms with van der Waals surface area (Å²) in [5.74, 6) is -2.47.